The molecular weight excluding hydrogens is 286 g/mol. The molecule has 2 unspecified atom stereocenters. The van der Waals surface area contributed by atoms with Gasteiger partial charge in [0.1, 0.15) is 0 Å². The van der Waals surface area contributed by atoms with Crippen molar-refractivity contribution in [3.8, 4) is 0 Å². The highest BCUT2D eigenvalue weighted by molar-refractivity contribution is 9.10. The van der Waals surface area contributed by atoms with Gasteiger partial charge in [-0.1, -0.05) is 47.8 Å². The van der Waals surface area contributed by atoms with Gasteiger partial charge in [-0.05, 0) is 61.9 Å². The van der Waals surface area contributed by atoms with E-state index in [4.69, 9.17) is 0 Å². The van der Waals surface area contributed by atoms with Gasteiger partial charge in [0.25, 0.3) is 0 Å². The van der Waals surface area contributed by atoms with E-state index in [1.54, 1.807) is 0 Å². The Hall–Kier alpha value is -0.340. The molecule has 0 amide bonds. The van der Waals surface area contributed by atoms with Crippen molar-refractivity contribution in [2.75, 3.05) is 13.1 Å². The molecule has 1 saturated carbocycles. The van der Waals surface area contributed by atoms with Crippen molar-refractivity contribution in [3.63, 3.8) is 0 Å². The normalized spacial score (nSPS) is 24.1. The monoisotopic (exact) mass is 309 g/mol. The largest absolute Gasteiger partial charge is 0.317 e. The van der Waals surface area contributed by atoms with Crippen LogP contribution in [0.3, 0.4) is 0 Å². The number of halogens is 1. The summed E-state index contributed by atoms with van der Waals surface area (Å²) < 4.78 is 1.18. The maximum Gasteiger partial charge on any atom is 0.0175 e. The average molecular weight is 310 g/mol. The second-order valence-corrected chi connectivity index (χ2v) is 6.36. The van der Waals surface area contributed by atoms with E-state index in [9.17, 15) is 0 Å². The quantitative estimate of drug-likeness (QED) is 0.849. The van der Waals surface area contributed by atoms with Gasteiger partial charge < -0.3 is 5.32 Å². The molecule has 2 atom stereocenters. The average Bonchev–Trinajstić information content (AvgIpc) is 2.40. The molecule has 0 saturated heterocycles. The minimum atomic E-state index is 0.874. The zero-order chi connectivity index (χ0) is 12.8. The van der Waals surface area contributed by atoms with E-state index in [0.717, 1.165) is 18.4 Å². The van der Waals surface area contributed by atoms with E-state index in [0.29, 0.717) is 0 Å². The van der Waals surface area contributed by atoms with Crippen LogP contribution in [0, 0.1) is 11.8 Å². The molecule has 1 nitrogen and oxygen atoms in total. The third-order valence-electron chi connectivity index (χ3n) is 4.13. The Bertz CT molecular complexity index is 347. The highest BCUT2D eigenvalue weighted by atomic mass is 79.9. The summed E-state index contributed by atoms with van der Waals surface area (Å²) in [5, 5.41) is 3.54. The molecule has 1 aromatic carbocycles. The van der Waals surface area contributed by atoms with Crippen LogP contribution < -0.4 is 5.32 Å². The summed E-state index contributed by atoms with van der Waals surface area (Å²) in [7, 11) is 0. The van der Waals surface area contributed by atoms with E-state index < -0.39 is 0 Å². The van der Waals surface area contributed by atoms with E-state index >= 15 is 0 Å². The predicted molar refractivity (Wildman–Crippen MR) is 81.8 cm³/mol. The van der Waals surface area contributed by atoms with Gasteiger partial charge >= 0.3 is 0 Å². The molecule has 1 aliphatic carbocycles. The summed E-state index contributed by atoms with van der Waals surface area (Å²) in [4.78, 5) is 0. The molecule has 1 fully saturated rings. The lowest BCUT2D eigenvalue weighted by Gasteiger charge is -2.32. The molecule has 18 heavy (non-hydrogen) atoms. The van der Waals surface area contributed by atoms with E-state index in [-0.39, 0.29) is 0 Å². The lowest BCUT2D eigenvalue weighted by atomic mass is 9.76. The Morgan fingerprint density at radius 3 is 2.44 bits per heavy atom. The Kier molecular flexibility index (Phi) is 5.71. The van der Waals surface area contributed by atoms with Crippen molar-refractivity contribution >= 4 is 15.9 Å². The predicted octanol–water partition coefficient (Wildman–Crippen LogP) is 4.41. The first-order valence-corrected chi connectivity index (χ1v) is 8.04. The Balaban J connectivity index is 1.94. The summed E-state index contributed by atoms with van der Waals surface area (Å²) in [6, 6.07) is 8.86. The van der Waals surface area contributed by atoms with Crippen LogP contribution in [-0.2, 0) is 6.42 Å². The van der Waals surface area contributed by atoms with Crippen LogP contribution in [0.4, 0.5) is 0 Å². The number of nitrogens with one attached hydrogen (secondary N) is 1. The smallest absolute Gasteiger partial charge is 0.0175 e. The zero-order valence-electron chi connectivity index (χ0n) is 11.3. The van der Waals surface area contributed by atoms with Gasteiger partial charge in [-0.15, -0.1) is 0 Å². The van der Waals surface area contributed by atoms with Crippen molar-refractivity contribution in [2.45, 2.75) is 39.0 Å². The lowest BCUT2D eigenvalue weighted by Crippen LogP contribution is -2.31. The molecule has 2 heteroatoms. The fourth-order valence-corrected chi connectivity index (χ4v) is 3.34. The first kappa shape index (κ1) is 14.1. The maximum atomic E-state index is 3.54. The molecular formula is C16H24BrN. The molecule has 0 aromatic heterocycles. The number of hydrogen-bond donors (Lipinski definition) is 1. The van der Waals surface area contributed by atoms with Crippen molar-refractivity contribution in [1.29, 1.82) is 0 Å². The third-order valence-corrected chi connectivity index (χ3v) is 4.66. The van der Waals surface area contributed by atoms with E-state index in [1.807, 2.05) is 0 Å². The van der Waals surface area contributed by atoms with Crippen LogP contribution in [0.25, 0.3) is 0 Å². The third kappa shape index (κ3) is 4.10. The first-order valence-electron chi connectivity index (χ1n) is 7.24. The summed E-state index contributed by atoms with van der Waals surface area (Å²) >= 11 is 3.51. The topological polar surface area (TPSA) is 12.0 Å². The van der Waals surface area contributed by atoms with Crippen LogP contribution in [0.5, 0.6) is 0 Å². The van der Waals surface area contributed by atoms with Crippen LogP contribution in [0.1, 0.15) is 38.2 Å². The summed E-state index contributed by atoms with van der Waals surface area (Å²) in [5.41, 5.74) is 1.49. The van der Waals surface area contributed by atoms with Gasteiger partial charge in [-0.25, -0.2) is 0 Å². The molecule has 0 radical (unpaired) electrons. The Morgan fingerprint density at radius 2 is 1.78 bits per heavy atom. The number of hydrogen-bond acceptors (Lipinski definition) is 1. The highest BCUT2D eigenvalue weighted by Crippen LogP contribution is 2.32. The second kappa shape index (κ2) is 7.30. The summed E-state index contributed by atoms with van der Waals surface area (Å²) in [5.74, 6) is 1.75. The number of rotatable bonds is 5. The Labute approximate surface area is 119 Å². The first-order chi connectivity index (χ1) is 8.79. The van der Waals surface area contributed by atoms with Gasteiger partial charge in [0.2, 0.25) is 0 Å². The van der Waals surface area contributed by atoms with Crippen molar-refractivity contribution in [3.05, 3.63) is 34.3 Å². The van der Waals surface area contributed by atoms with Crippen molar-refractivity contribution in [1.82, 2.24) is 5.32 Å². The maximum absolute atomic E-state index is 3.54. The molecule has 0 aliphatic heterocycles. The minimum Gasteiger partial charge on any atom is -0.317 e. The van der Waals surface area contributed by atoms with Crippen LogP contribution in [0.2, 0.25) is 0 Å². The molecule has 2 rings (SSSR count). The van der Waals surface area contributed by atoms with Gasteiger partial charge in [0.15, 0.2) is 0 Å². The molecule has 1 N–H and O–H groups in total. The van der Waals surface area contributed by atoms with Gasteiger partial charge in [0, 0.05) is 4.47 Å². The van der Waals surface area contributed by atoms with Gasteiger partial charge in [-0.3, -0.25) is 0 Å². The molecule has 1 aromatic rings. The molecule has 0 heterocycles. The summed E-state index contributed by atoms with van der Waals surface area (Å²) in [6.45, 7) is 4.51. The minimum absolute atomic E-state index is 0.874. The summed E-state index contributed by atoms with van der Waals surface area (Å²) in [6.07, 6.45) is 6.92. The Morgan fingerprint density at radius 1 is 1.11 bits per heavy atom. The van der Waals surface area contributed by atoms with E-state index in [2.05, 4.69) is 52.4 Å². The highest BCUT2D eigenvalue weighted by Gasteiger charge is 2.24. The van der Waals surface area contributed by atoms with Crippen LogP contribution in [-0.4, -0.2) is 13.1 Å². The fourth-order valence-electron chi connectivity index (χ4n) is 3.07. The number of benzene rings is 1. The van der Waals surface area contributed by atoms with Crippen molar-refractivity contribution < 1.29 is 0 Å². The lowest BCUT2D eigenvalue weighted by molar-refractivity contribution is 0.229. The SMILES string of the molecule is CCNCC1CCCCC1Cc1ccc(Br)cc1. The van der Waals surface area contributed by atoms with Gasteiger partial charge in [0.05, 0.1) is 0 Å². The fraction of sp³-hybridized carbons (Fsp3) is 0.625. The van der Waals surface area contributed by atoms with Crippen LogP contribution >= 0.6 is 15.9 Å². The molecule has 0 bridgehead atoms. The van der Waals surface area contributed by atoms with Gasteiger partial charge in [-0.2, -0.15) is 0 Å². The molecule has 0 spiro atoms. The van der Waals surface area contributed by atoms with Crippen LogP contribution in [0.15, 0.2) is 28.7 Å². The second-order valence-electron chi connectivity index (χ2n) is 5.44. The standard InChI is InChI=1S/C16H24BrN/c1-2-18-12-15-6-4-3-5-14(15)11-13-7-9-16(17)10-8-13/h7-10,14-15,18H,2-6,11-12H2,1H3. The van der Waals surface area contributed by atoms with E-state index in [1.165, 1.54) is 48.7 Å². The van der Waals surface area contributed by atoms with Crippen molar-refractivity contribution in [2.24, 2.45) is 11.8 Å². The molecule has 100 valence electrons. The molecule has 1 aliphatic rings. The zero-order valence-corrected chi connectivity index (χ0v) is 12.9.